The quantitative estimate of drug-likeness (QED) is 0.695. The first-order valence-electron chi connectivity index (χ1n) is 10.6. The van der Waals surface area contributed by atoms with Crippen LogP contribution in [0.3, 0.4) is 0 Å². The van der Waals surface area contributed by atoms with Crippen molar-refractivity contribution in [1.29, 1.82) is 0 Å². The number of aromatic nitrogens is 5. The van der Waals surface area contributed by atoms with Gasteiger partial charge in [-0.25, -0.2) is 4.98 Å². The third-order valence-electron chi connectivity index (χ3n) is 6.21. The van der Waals surface area contributed by atoms with Crippen LogP contribution in [0, 0.1) is 0 Å². The Bertz CT molecular complexity index is 978. The van der Waals surface area contributed by atoms with Crippen LogP contribution in [0.2, 0.25) is 0 Å². The second kappa shape index (κ2) is 7.46. The predicted molar refractivity (Wildman–Crippen MR) is 113 cm³/mol. The van der Waals surface area contributed by atoms with E-state index in [1.54, 1.807) is 6.33 Å². The van der Waals surface area contributed by atoms with Gasteiger partial charge in [-0.2, -0.15) is 4.98 Å². The van der Waals surface area contributed by atoms with Gasteiger partial charge < -0.3 is 10.2 Å². The highest BCUT2D eigenvalue weighted by Crippen LogP contribution is 2.42. The highest BCUT2D eigenvalue weighted by Gasteiger charge is 2.38. The lowest BCUT2D eigenvalue weighted by molar-refractivity contribution is 0.469. The van der Waals surface area contributed by atoms with Crippen LogP contribution in [0.15, 0.2) is 42.9 Å². The third-order valence-corrected chi connectivity index (χ3v) is 6.21. The topological polar surface area (TPSA) is 71.8 Å². The molecule has 5 rings (SSSR count). The second-order valence-electron chi connectivity index (χ2n) is 8.01. The Morgan fingerprint density at radius 3 is 2.72 bits per heavy atom. The first kappa shape index (κ1) is 18.1. The summed E-state index contributed by atoms with van der Waals surface area (Å²) in [7, 11) is 0. The zero-order chi connectivity index (χ0) is 19.8. The smallest absolute Gasteiger partial charge is 0.225 e. The van der Waals surface area contributed by atoms with Crippen LogP contribution in [0.25, 0.3) is 5.69 Å². The number of fused-ring (bicyclic) bond motifs is 3. The summed E-state index contributed by atoms with van der Waals surface area (Å²) in [5.74, 6) is 2.65. The Kier molecular flexibility index (Phi) is 4.66. The number of benzene rings is 1. The van der Waals surface area contributed by atoms with Crippen LogP contribution in [0.4, 0.5) is 11.8 Å². The summed E-state index contributed by atoms with van der Waals surface area (Å²) in [5, 5.41) is 12.1. The zero-order valence-electron chi connectivity index (χ0n) is 17.0. The zero-order valence-corrected chi connectivity index (χ0v) is 17.0. The lowest BCUT2D eigenvalue weighted by Gasteiger charge is -2.40. The lowest BCUT2D eigenvalue weighted by atomic mass is 10.0. The molecular formula is C22H27N7. The van der Waals surface area contributed by atoms with Crippen molar-refractivity contribution in [2.24, 2.45) is 0 Å². The summed E-state index contributed by atoms with van der Waals surface area (Å²) in [5.41, 5.74) is 2.19. The van der Waals surface area contributed by atoms with Gasteiger partial charge in [-0.3, -0.25) is 4.57 Å². The molecule has 3 heterocycles. The van der Waals surface area contributed by atoms with Gasteiger partial charge in [-0.1, -0.05) is 50.1 Å². The number of nitrogens with one attached hydrogen (secondary N) is 1. The number of hydrogen-bond acceptors (Lipinski definition) is 6. The predicted octanol–water partition coefficient (Wildman–Crippen LogP) is 4.44. The number of rotatable bonds is 5. The average molecular weight is 390 g/mol. The van der Waals surface area contributed by atoms with Crippen molar-refractivity contribution in [2.45, 2.75) is 64.1 Å². The van der Waals surface area contributed by atoms with Crippen LogP contribution < -0.4 is 10.2 Å². The van der Waals surface area contributed by atoms with E-state index in [1.165, 1.54) is 31.2 Å². The Morgan fingerprint density at radius 2 is 1.97 bits per heavy atom. The monoisotopic (exact) mass is 389 g/mol. The summed E-state index contributed by atoms with van der Waals surface area (Å²) in [6.45, 7) is 4.36. The molecule has 0 spiro atoms. The number of hydrogen-bond donors (Lipinski definition) is 1. The van der Waals surface area contributed by atoms with E-state index in [4.69, 9.17) is 4.98 Å². The van der Waals surface area contributed by atoms with E-state index in [0.717, 1.165) is 23.8 Å². The Hall–Kier alpha value is -2.96. The normalized spacial score (nSPS) is 19.7. The summed E-state index contributed by atoms with van der Waals surface area (Å²) in [6, 6.07) is 11.2. The van der Waals surface area contributed by atoms with Gasteiger partial charge in [0.1, 0.15) is 12.0 Å². The highest BCUT2D eigenvalue weighted by molar-refractivity contribution is 5.63. The summed E-state index contributed by atoms with van der Waals surface area (Å²) in [4.78, 5) is 12.1. The Balaban J connectivity index is 1.54. The molecule has 7 nitrogen and oxygen atoms in total. The molecule has 1 N–H and O–H groups in total. The maximum atomic E-state index is 5.01. The molecule has 0 radical (unpaired) electrons. The average Bonchev–Trinajstić information content (AvgIpc) is 3.45. The molecule has 0 bridgehead atoms. The largest absolute Gasteiger partial charge is 0.348 e. The minimum Gasteiger partial charge on any atom is -0.348 e. The van der Waals surface area contributed by atoms with E-state index in [1.807, 2.05) is 12.3 Å². The molecule has 1 unspecified atom stereocenters. The standard InChI is InChI=1S/C22H27N7/c1-3-18-21-27-24-14-28(21)19-13-23-22(25-15(2)16-9-5-4-6-10-16)26-20(19)29(18)17-11-7-8-12-17/h4-6,9-10,13-15,17-18H,3,7-8,11-12H2,1-2H3,(H,23,25,26)/t15-,18?/m0/s1. The molecule has 3 aromatic rings. The number of nitrogens with zero attached hydrogens (tertiary/aromatic N) is 6. The van der Waals surface area contributed by atoms with Crippen LogP contribution in [0.5, 0.6) is 0 Å². The maximum absolute atomic E-state index is 5.01. The molecule has 1 saturated carbocycles. The van der Waals surface area contributed by atoms with E-state index in [-0.39, 0.29) is 12.1 Å². The van der Waals surface area contributed by atoms with Gasteiger partial charge >= 0.3 is 0 Å². The molecule has 7 heteroatoms. The molecule has 1 aliphatic heterocycles. The van der Waals surface area contributed by atoms with Crippen LogP contribution in [-0.4, -0.2) is 30.8 Å². The highest BCUT2D eigenvalue weighted by atomic mass is 15.4. The molecule has 1 aliphatic carbocycles. The van der Waals surface area contributed by atoms with Gasteiger partial charge in [-0.05, 0) is 31.7 Å². The molecule has 29 heavy (non-hydrogen) atoms. The second-order valence-corrected chi connectivity index (χ2v) is 8.01. The van der Waals surface area contributed by atoms with Gasteiger partial charge in [0.15, 0.2) is 11.6 Å². The Labute approximate surface area is 171 Å². The van der Waals surface area contributed by atoms with Crippen LogP contribution in [0.1, 0.15) is 69.4 Å². The SMILES string of the molecule is CCC1c2nncn2-c2cnc(N[C@@H](C)c3ccccc3)nc2N1C1CCCC1. The fourth-order valence-electron chi connectivity index (χ4n) is 4.73. The molecule has 1 aromatic carbocycles. The minimum absolute atomic E-state index is 0.130. The first-order valence-corrected chi connectivity index (χ1v) is 10.6. The molecule has 2 aromatic heterocycles. The molecule has 2 aliphatic rings. The maximum Gasteiger partial charge on any atom is 0.225 e. The van der Waals surface area contributed by atoms with Crippen LogP contribution in [-0.2, 0) is 0 Å². The molecule has 0 amide bonds. The van der Waals surface area contributed by atoms with Crippen molar-refractivity contribution >= 4 is 11.8 Å². The van der Waals surface area contributed by atoms with Crippen molar-refractivity contribution in [3.05, 3.63) is 54.2 Å². The van der Waals surface area contributed by atoms with Gasteiger partial charge in [0.25, 0.3) is 0 Å². The van der Waals surface area contributed by atoms with Crippen molar-refractivity contribution in [1.82, 2.24) is 24.7 Å². The van der Waals surface area contributed by atoms with E-state index >= 15 is 0 Å². The molecule has 2 atom stereocenters. The Morgan fingerprint density at radius 1 is 1.17 bits per heavy atom. The number of anilines is 2. The van der Waals surface area contributed by atoms with Gasteiger partial charge in [0.2, 0.25) is 5.95 Å². The fraction of sp³-hybridized carbons (Fsp3) is 0.455. The van der Waals surface area contributed by atoms with Crippen molar-refractivity contribution < 1.29 is 0 Å². The molecule has 0 saturated heterocycles. The minimum atomic E-state index is 0.130. The summed E-state index contributed by atoms with van der Waals surface area (Å²) in [6.07, 6.45) is 9.63. The first-order chi connectivity index (χ1) is 14.3. The van der Waals surface area contributed by atoms with Crippen molar-refractivity contribution in [3.63, 3.8) is 0 Å². The van der Waals surface area contributed by atoms with Crippen molar-refractivity contribution in [2.75, 3.05) is 10.2 Å². The van der Waals surface area contributed by atoms with Gasteiger partial charge in [-0.15, -0.1) is 10.2 Å². The van der Waals surface area contributed by atoms with Gasteiger partial charge in [0, 0.05) is 6.04 Å². The van der Waals surface area contributed by atoms with Crippen molar-refractivity contribution in [3.8, 4) is 5.69 Å². The van der Waals surface area contributed by atoms with E-state index in [0.29, 0.717) is 12.0 Å². The molecule has 1 fully saturated rings. The summed E-state index contributed by atoms with van der Waals surface area (Å²) >= 11 is 0. The fourth-order valence-corrected chi connectivity index (χ4v) is 4.73. The van der Waals surface area contributed by atoms with E-state index in [9.17, 15) is 0 Å². The molecular weight excluding hydrogens is 362 g/mol. The summed E-state index contributed by atoms with van der Waals surface area (Å²) < 4.78 is 2.05. The van der Waals surface area contributed by atoms with E-state index in [2.05, 4.69) is 68.1 Å². The van der Waals surface area contributed by atoms with Crippen LogP contribution >= 0.6 is 0 Å². The lowest BCUT2D eigenvalue weighted by Crippen LogP contribution is -2.42. The molecule has 150 valence electrons. The van der Waals surface area contributed by atoms with E-state index < -0.39 is 0 Å². The third kappa shape index (κ3) is 3.14. The van der Waals surface area contributed by atoms with Gasteiger partial charge in [0.05, 0.1) is 18.3 Å².